The molecule has 106 valence electrons. The van der Waals surface area contributed by atoms with Crippen LogP contribution in [0.25, 0.3) is 0 Å². The second-order valence-electron chi connectivity index (χ2n) is 5.29. The Labute approximate surface area is 114 Å². The van der Waals surface area contributed by atoms with E-state index in [0.717, 1.165) is 37.0 Å². The van der Waals surface area contributed by atoms with Gasteiger partial charge in [0.15, 0.2) is 0 Å². The number of aryl methyl sites for hydroxylation is 1. The Hall–Kier alpha value is -0.970. The first-order valence-corrected chi connectivity index (χ1v) is 7.04. The van der Waals surface area contributed by atoms with Crippen LogP contribution >= 0.6 is 0 Å². The molecule has 1 heterocycles. The van der Waals surface area contributed by atoms with Crippen LogP contribution in [0.15, 0.2) is 18.2 Å². The van der Waals surface area contributed by atoms with Crippen molar-refractivity contribution in [1.82, 2.24) is 5.43 Å². The van der Waals surface area contributed by atoms with Crippen LogP contribution in [0, 0.1) is 12.7 Å². The Morgan fingerprint density at radius 1 is 1.53 bits per heavy atom. The molecule has 0 aromatic heterocycles. The predicted molar refractivity (Wildman–Crippen MR) is 74.0 cm³/mol. The van der Waals surface area contributed by atoms with Crippen molar-refractivity contribution in [2.24, 2.45) is 5.84 Å². The van der Waals surface area contributed by atoms with E-state index in [1.807, 2.05) is 13.0 Å². The first-order valence-electron chi connectivity index (χ1n) is 7.04. The van der Waals surface area contributed by atoms with E-state index in [4.69, 9.17) is 10.6 Å². The highest BCUT2D eigenvalue weighted by atomic mass is 19.1. The average molecular weight is 266 g/mol. The van der Waals surface area contributed by atoms with Crippen molar-refractivity contribution < 1.29 is 9.13 Å². The Balaban J connectivity index is 1.88. The Kier molecular flexibility index (Phi) is 5.31. The molecule has 1 aromatic rings. The molecule has 1 aromatic carbocycles. The largest absolute Gasteiger partial charge is 0.378 e. The van der Waals surface area contributed by atoms with Gasteiger partial charge in [-0.05, 0) is 62.3 Å². The van der Waals surface area contributed by atoms with Crippen molar-refractivity contribution in [1.29, 1.82) is 0 Å². The van der Waals surface area contributed by atoms with Gasteiger partial charge in [0.25, 0.3) is 0 Å². The third kappa shape index (κ3) is 4.00. The molecule has 3 N–H and O–H groups in total. The van der Waals surface area contributed by atoms with Crippen molar-refractivity contribution in [3.8, 4) is 0 Å². The van der Waals surface area contributed by atoms with E-state index in [9.17, 15) is 4.39 Å². The van der Waals surface area contributed by atoms with Gasteiger partial charge in [0.1, 0.15) is 5.82 Å². The van der Waals surface area contributed by atoms with Crippen LogP contribution in [0.5, 0.6) is 0 Å². The molecule has 2 rings (SSSR count). The van der Waals surface area contributed by atoms with E-state index in [-0.39, 0.29) is 11.9 Å². The fourth-order valence-electron chi connectivity index (χ4n) is 2.78. The number of hydrogen-bond acceptors (Lipinski definition) is 3. The maximum absolute atomic E-state index is 13.1. The molecule has 4 heteroatoms. The van der Waals surface area contributed by atoms with Crippen LogP contribution in [-0.4, -0.2) is 12.7 Å². The maximum Gasteiger partial charge on any atom is 0.123 e. The summed E-state index contributed by atoms with van der Waals surface area (Å²) in [5.74, 6) is 5.43. The molecule has 1 aliphatic heterocycles. The molecule has 1 aliphatic rings. The quantitative estimate of drug-likeness (QED) is 0.614. The van der Waals surface area contributed by atoms with Gasteiger partial charge in [0.2, 0.25) is 0 Å². The zero-order valence-corrected chi connectivity index (χ0v) is 11.5. The van der Waals surface area contributed by atoms with E-state index >= 15 is 0 Å². The van der Waals surface area contributed by atoms with Crippen molar-refractivity contribution in [2.75, 3.05) is 6.61 Å². The number of ether oxygens (including phenoxy) is 1. The standard InChI is InChI=1S/C15H23FN2O/c1-11-10-12(16)7-8-14(11)15(18-17)6-2-4-13-5-3-9-19-13/h7-8,10,13,15,18H,2-6,9,17H2,1H3. The van der Waals surface area contributed by atoms with E-state index in [1.54, 1.807) is 6.07 Å². The SMILES string of the molecule is Cc1cc(F)ccc1C(CCCC1CCCO1)NN. The van der Waals surface area contributed by atoms with Crippen LogP contribution < -0.4 is 11.3 Å². The van der Waals surface area contributed by atoms with Crippen molar-refractivity contribution in [3.05, 3.63) is 35.1 Å². The van der Waals surface area contributed by atoms with Crippen LogP contribution in [0.2, 0.25) is 0 Å². The summed E-state index contributed by atoms with van der Waals surface area (Å²) in [6.07, 6.45) is 5.88. The smallest absolute Gasteiger partial charge is 0.123 e. The highest BCUT2D eigenvalue weighted by Crippen LogP contribution is 2.25. The van der Waals surface area contributed by atoms with Crippen LogP contribution in [0.4, 0.5) is 4.39 Å². The summed E-state index contributed by atoms with van der Waals surface area (Å²) >= 11 is 0. The number of hydrazine groups is 1. The zero-order chi connectivity index (χ0) is 13.7. The minimum Gasteiger partial charge on any atom is -0.378 e. The molecular weight excluding hydrogens is 243 g/mol. The van der Waals surface area contributed by atoms with Crippen LogP contribution in [0.1, 0.15) is 49.3 Å². The van der Waals surface area contributed by atoms with Crippen molar-refractivity contribution >= 4 is 0 Å². The molecule has 0 radical (unpaired) electrons. The molecule has 0 aliphatic carbocycles. The molecule has 3 nitrogen and oxygen atoms in total. The number of rotatable bonds is 6. The Morgan fingerprint density at radius 2 is 2.37 bits per heavy atom. The fourth-order valence-corrected chi connectivity index (χ4v) is 2.78. The zero-order valence-electron chi connectivity index (χ0n) is 11.5. The average Bonchev–Trinajstić information content (AvgIpc) is 2.89. The normalized spacial score (nSPS) is 20.7. The summed E-state index contributed by atoms with van der Waals surface area (Å²) in [6, 6.07) is 4.95. The van der Waals surface area contributed by atoms with Gasteiger partial charge in [0, 0.05) is 12.6 Å². The lowest BCUT2D eigenvalue weighted by atomic mass is 9.96. The maximum atomic E-state index is 13.1. The van der Waals surface area contributed by atoms with Gasteiger partial charge >= 0.3 is 0 Å². The first kappa shape index (κ1) is 14.4. The lowest BCUT2D eigenvalue weighted by Crippen LogP contribution is -2.28. The van der Waals surface area contributed by atoms with Gasteiger partial charge < -0.3 is 4.74 Å². The Bertz CT molecular complexity index is 405. The third-order valence-electron chi connectivity index (χ3n) is 3.85. The molecule has 0 saturated carbocycles. The second-order valence-corrected chi connectivity index (χ2v) is 5.29. The predicted octanol–water partition coefficient (Wildman–Crippen LogP) is 2.99. The Morgan fingerprint density at radius 3 is 3.00 bits per heavy atom. The molecule has 1 saturated heterocycles. The lowest BCUT2D eigenvalue weighted by molar-refractivity contribution is 0.101. The molecular formula is C15H23FN2O. The topological polar surface area (TPSA) is 47.3 Å². The number of benzene rings is 1. The summed E-state index contributed by atoms with van der Waals surface area (Å²) in [4.78, 5) is 0. The minimum atomic E-state index is -0.198. The molecule has 0 spiro atoms. The van der Waals surface area contributed by atoms with E-state index in [1.165, 1.54) is 18.9 Å². The molecule has 19 heavy (non-hydrogen) atoms. The highest BCUT2D eigenvalue weighted by molar-refractivity contribution is 5.29. The van der Waals surface area contributed by atoms with E-state index in [2.05, 4.69) is 5.43 Å². The number of nitrogens with two attached hydrogens (primary N) is 1. The molecule has 1 fully saturated rings. The molecule has 2 atom stereocenters. The van der Waals surface area contributed by atoms with Gasteiger partial charge in [-0.1, -0.05) is 6.07 Å². The fraction of sp³-hybridized carbons (Fsp3) is 0.600. The highest BCUT2D eigenvalue weighted by Gasteiger charge is 2.17. The molecule has 0 amide bonds. The van der Waals surface area contributed by atoms with Gasteiger partial charge in [-0.25, -0.2) is 4.39 Å². The number of halogens is 1. The van der Waals surface area contributed by atoms with Crippen molar-refractivity contribution in [3.63, 3.8) is 0 Å². The van der Waals surface area contributed by atoms with Gasteiger partial charge in [0.05, 0.1) is 6.10 Å². The monoisotopic (exact) mass is 266 g/mol. The van der Waals surface area contributed by atoms with Gasteiger partial charge in [-0.3, -0.25) is 11.3 Å². The van der Waals surface area contributed by atoms with Crippen LogP contribution in [-0.2, 0) is 4.74 Å². The first-order chi connectivity index (χ1) is 9.20. The number of hydrogen-bond donors (Lipinski definition) is 2. The summed E-state index contributed by atoms with van der Waals surface area (Å²) in [6.45, 7) is 2.82. The van der Waals surface area contributed by atoms with Gasteiger partial charge in [-0.15, -0.1) is 0 Å². The molecule has 0 bridgehead atoms. The van der Waals surface area contributed by atoms with Crippen LogP contribution in [0.3, 0.4) is 0 Å². The van der Waals surface area contributed by atoms with Crippen molar-refractivity contribution in [2.45, 2.75) is 51.2 Å². The van der Waals surface area contributed by atoms with Gasteiger partial charge in [-0.2, -0.15) is 0 Å². The third-order valence-corrected chi connectivity index (χ3v) is 3.85. The summed E-state index contributed by atoms with van der Waals surface area (Å²) in [5, 5.41) is 0. The lowest BCUT2D eigenvalue weighted by Gasteiger charge is -2.19. The summed E-state index contributed by atoms with van der Waals surface area (Å²) < 4.78 is 18.7. The minimum absolute atomic E-state index is 0.0852. The summed E-state index contributed by atoms with van der Waals surface area (Å²) in [7, 11) is 0. The molecule has 2 unspecified atom stereocenters. The number of nitrogens with one attached hydrogen (secondary N) is 1. The summed E-state index contributed by atoms with van der Waals surface area (Å²) in [5.41, 5.74) is 4.87. The van der Waals surface area contributed by atoms with E-state index < -0.39 is 0 Å². The van der Waals surface area contributed by atoms with E-state index in [0.29, 0.717) is 6.10 Å². The second kappa shape index (κ2) is 6.98.